The molecule has 1 fully saturated rings. The number of hydrogen-bond acceptors (Lipinski definition) is 2. The van der Waals surface area contributed by atoms with Gasteiger partial charge in [-0.1, -0.05) is 26.0 Å². The van der Waals surface area contributed by atoms with Gasteiger partial charge in [-0.05, 0) is 36.0 Å². The van der Waals surface area contributed by atoms with Crippen LogP contribution in [0.15, 0.2) is 24.3 Å². The van der Waals surface area contributed by atoms with Crippen molar-refractivity contribution >= 4 is 0 Å². The van der Waals surface area contributed by atoms with Crippen LogP contribution in [-0.2, 0) is 10.2 Å². The van der Waals surface area contributed by atoms with Crippen LogP contribution in [0.3, 0.4) is 0 Å². The number of hydrogen-bond donors (Lipinski definition) is 1. The second-order valence-electron chi connectivity index (χ2n) is 6.48. The minimum Gasteiger partial charge on any atom is -0.383 e. The number of benzene rings is 1. The van der Waals surface area contributed by atoms with Crippen LogP contribution in [0.5, 0.6) is 0 Å². The number of halogens is 1. The molecule has 0 aliphatic heterocycles. The fourth-order valence-corrected chi connectivity index (χ4v) is 3.53. The van der Waals surface area contributed by atoms with Gasteiger partial charge in [-0.25, -0.2) is 4.39 Å². The number of ether oxygens (including phenoxy) is 1. The van der Waals surface area contributed by atoms with Crippen molar-refractivity contribution in [1.29, 1.82) is 0 Å². The molecule has 1 aromatic carbocycles. The molecule has 0 atom stereocenters. The smallest absolute Gasteiger partial charge is 0.123 e. The maximum absolute atomic E-state index is 13.5. The molecule has 0 aromatic heterocycles. The maximum Gasteiger partial charge on any atom is 0.123 e. The normalized spacial score (nSPS) is 20.0. The molecule has 0 bridgehead atoms. The van der Waals surface area contributed by atoms with E-state index in [4.69, 9.17) is 4.74 Å². The summed E-state index contributed by atoms with van der Waals surface area (Å²) in [5.41, 5.74) is 1.56. The Morgan fingerprint density at radius 1 is 1.32 bits per heavy atom. The van der Waals surface area contributed by atoms with Gasteiger partial charge < -0.3 is 10.1 Å². The van der Waals surface area contributed by atoms with Gasteiger partial charge in [0.25, 0.3) is 0 Å². The van der Waals surface area contributed by atoms with Gasteiger partial charge in [0.2, 0.25) is 0 Å². The third-order valence-corrected chi connectivity index (χ3v) is 4.02. The van der Waals surface area contributed by atoms with Crippen molar-refractivity contribution in [2.75, 3.05) is 26.8 Å². The topological polar surface area (TPSA) is 21.3 Å². The Balaban J connectivity index is 2.08. The minimum absolute atomic E-state index is 0.0827. The molecule has 106 valence electrons. The van der Waals surface area contributed by atoms with Gasteiger partial charge in [-0.2, -0.15) is 0 Å². The first kappa shape index (κ1) is 14.5. The average molecular weight is 265 g/mol. The molecule has 2 rings (SSSR count). The largest absolute Gasteiger partial charge is 0.383 e. The fraction of sp³-hybridized carbons (Fsp3) is 0.625. The highest BCUT2D eigenvalue weighted by Gasteiger charge is 2.49. The highest BCUT2D eigenvalue weighted by atomic mass is 19.1. The standard InChI is InChI=1S/C16H24FNO/c1-15(2)10-16(11-15,12-18-7-8-19-3)13-5-4-6-14(17)9-13/h4-6,9,18H,7-8,10-12H2,1-3H3. The molecule has 2 nitrogen and oxygen atoms in total. The molecule has 3 heteroatoms. The Bertz CT molecular complexity index is 423. The molecular formula is C16H24FNO. The van der Waals surface area contributed by atoms with E-state index in [0.717, 1.165) is 31.5 Å². The van der Waals surface area contributed by atoms with Crippen molar-refractivity contribution in [2.45, 2.75) is 32.1 Å². The van der Waals surface area contributed by atoms with Crippen molar-refractivity contribution < 1.29 is 9.13 Å². The molecule has 1 aliphatic rings. The second kappa shape index (κ2) is 5.59. The molecule has 0 amide bonds. The zero-order valence-electron chi connectivity index (χ0n) is 12.1. The lowest BCUT2D eigenvalue weighted by molar-refractivity contribution is 0.0546. The second-order valence-corrected chi connectivity index (χ2v) is 6.48. The predicted molar refractivity (Wildman–Crippen MR) is 75.8 cm³/mol. The van der Waals surface area contributed by atoms with Gasteiger partial charge in [-0.3, -0.25) is 0 Å². The zero-order chi connectivity index (χ0) is 13.9. The van der Waals surface area contributed by atoms with Crippen LogP contribution >= 0.6 is 0 Å². The van der Waals surface area contributed by atoms with Crippen molar-refractivity contribution in [2.24, 2.45) is 5.41 Å². The Morgan fingerprint density at radius 3 is 2.63 bits per heavy atom. The molecule has 1 saturated carbocycles. The molecule has 1 N–H and O–H groups in total. The van der Waals surface area contributed by atoms with Gasteiger partial charge in [0.15, 0.2) is 0 Å². The highest BCUT2D eigenvalue weighted by molar-refractivity contribution is 5.31. The Kier molecular flexibility index (Phi) is 4.26. The molecular weight excluding hydrogens is 241 g/mol. The van der Waals surface area contributed by atoms with Crippen molar-refractivity contribution in [3.05, 3.63) is 35.6 Å². The summed E-state index contributed by atoms with van der Waals surface area (Å²) < 4.78 is 18.5. The lowest BCUT2D eigenvalue weighted by Gasteiger charge is -2.54. The SMILES string of the molecule is COCCNCC1(c2cccc(F)c2)CC(C)(C)C1. The molecule has 0 radical (unpaired) electrons. The van der Waals surface area contributed by atoms with Crippen LogP contribution in [0.25, 0.3) is 0 Å². The third-order valence-electron chi connectivity index (χ3n) is 4.02. The molecule has 0 saturated heterocycles. The molecule has 0 heterocycles. The predicted octanol–water partition coefficient (Wildman–Crippen LogP) is 3.12. The molecule has 0 spiro atoms. The van der Waals surface area contributed by atoms with E-state index in [9.17, 15) is 4.39 Å². The lowest BCUT2D eigenvalue weighted by Crippen LogP contribution is -2.52. The van der Waals surface area contributed by atoms with E-state index in [1.807, 2.05) is 6.07 Å². The van der Waals surface area contributed by atoms with Crippen LogP contribution in [0.2, 0.25) is 0 Å². The molecule has 1 aliphatic carbocycles. The summed E-state index contributed by atoms with van der Waals surface area (Å²) >= 11 is 0. The van der Waals surface area contributed by atoms with E-state index in [1.54, 1.807) is 13.2 Å². The van der Waals surface area contributed by atoms with E-state index in [2.05, 4.69) is 25.2 Å². The zero-order valence-corrected chi connectivity index (χ0v) is 12.1. The van der Waals surface area contributed by atoms with E-state index in [0.29, 0.717) is 12.0 Å². The molecule has 19 heavy (non-hydrogen) atoms. The fourth-order valence-electron chi connectivity index (χ4n) is 3.53. The van der Waals surface area contributed by atoms with Crippen LogP contribution in [-0.4, -0.2) is 26.8 Å². The maximum atomic E-state index is 13.5. The summed E-state index contributed by atoms with van der Waals surface area (Å²) in [5.74, 6) is -0.140. The summed E-state index contributed by atoms with van der Waals surface area (Å²) in [5, 5.41) is 3.44. The molecule has 1 aromatic rings. The first-order chi connectivity index (χ1) is 8.97. The number of rotatable bonds is 6. The van der Waals surface area contributed by atoms with Gasteiger partial charge in [0, 0.05) is 25.6 Å². The monoisotopic (exact) mass is 265 g/mol. The Morgan fingerprint density at radius 2 is 2.05 bits per heavy atom. The van der Waals surface area contributed by atoms with Crippen molar-refractivity contribution in [3.63, 3.8) is 0 Å². The quantitative estimate of drug-likeness (QED) is 0.798. The average Bonchev–Trinajstić information content (AvgIpc) is 2.32. The van der Waals surface area contributed by atoms with Crippen LogP contribution < -0.4 is 5.32 Å². The van der Waals surface area contributed by atoms with Crippen LogP contribution in [0.1, 0.15) is 32.3 Å². The Hall–Kier alpha value is -0.930. The lowest BCUT2D eigenvalue weighted by atomic mass is 9.52. The van der Waals surface area contributed by atoms with E-state index in [1.165, 1.54) is 6.07 Å². The summed E-state index contributed by atoms with van der Waals surface area (Å²) in [7, 11) is 1.70. The van der Waals surface area contributed by atoms with Crippen molar-refractivity contribution in [3.8, 4) is 0 Å². The summed E-state index contributed by atoms with van der Waals surface area (Å²) in [6.45, 7) is 7.00. The first-order valence-electron chi connectivity index (χ1n) is 6.93. The summed E-state index contributed by atoms with van der Waals surface area (Å²) in [6, 6.07) is 7.07. The van der Waals surface area contributed by atoms with Crippen LogP contribution in [0, 0.1) is 11.2 Å². The van der Waals surface area contributed by atoms with Crippen LogP contribution in [0.4, 0.5) is 4.39 Å². The third kappa shape index (κ3) is 3.34. The highest BCUT2D eigenvalue weighted by Crippen LogP contribution is 2.55. The van der Waals surface area contributed by atoms with Crippen molar-refractivity contribution in [1.82, 2.24) is 5.32 Å². The van der Waals surface area contributed by atoms with Gasteiger partial charge in [-0.15, -0.1) is 0 Å². The number of methoxy groups -OCH3 is 1. The summed E-state index contributed by atoms with van der Waals surface area (Å²) in [4.78, 5) is 0. The number of nitrogens with one attached hydrogen (secondary N) is 1. The van der Waals surface area contributed by atoms with E-state index < -0.39 is 0 Å². The van der Waals surface area contributed by atoms with E-state index >= 15 is 0 Å². The minimum atomic E-state index is -0.140. The summed E-state index contributed by atoms with van der Waals surface area (Å²) in [6.07, 6.45) is 2.20. The van der Waals surface area contributed by atoms with Gasteiger partial charge >= 0.3 is 0 Å². The van der Waals surface area contributed by atoms with Gasteiger partial charge in [0.05, 0.1) is 6.61 Å². The molecule has 0 unspecified atom stereocenters. The Labute approximate surface area is 115 Å². The first-order valence-corrected chi connectivity index (χ1v) is 6.93. The van der Waals surface area contributed by atoms with E-state index in [-0.39, 0.29) is 11.2 Å². The van der Waals surface area contributed by atoms with Gasteiger partial charge in [0.1, 0.15) is 5.82 Å².